The molecule has 0 rings (SSSR count). The summed E-state index contributed by atoms with van der Waals surface area (Å²) in [4.78, 5) is 0.655. The molecule has 0 aliphatic heterocycles. The van der Waals surface area contributed by atoms with Gasteiger partial charge < -0.3 is 4.74 Å². The number of hydrogen-bond acceptors (Lipinski definition) is 1. The second kappa shape index (κ2) is 9.01. The Labute approximate surface area is 91.4 Å². The van der Waals surface area contributed by atoms with Gasteiger partial charge in [0, 0.05) is 18.0 Å². The molecule has 80 valence electrons. The van der Waals surface area contributed by atoms with Crippen LogP contribution in [0.1, 0.15) is 46.5 Å². The molecule has 2 heteroatoms. The van der Waals surface area contributed by atoms with Crippen LogP contribution in [0.5, 0.6) is 0 Å². The van der Waals surface area contributed by atoms with Crippen molar-refractivity contribution in [3.8, 4) is 0 Å². The second-order valence-corrected chi connectivity index (χ2v) is 5.04. The van der Waals surface area contributed by atoms with Crippen molar-refractivity contribution < 1.29 is 4.74 Å². The summed E-state index contributed by atoms with van der Waals surface area (Å²) in [5.74, 6) is 0.732. The van der Waals surface area contributed by atoms with Crippen molar-refractivity contribution in [3.63, 3.8) is 0 Å². The molecule has 0 saturated heterocycles. The minimum atomic E-state index is 0.655. The van der Waals surface area contributed by atoms with E-state index in [1.54, 1.807) is 0 Å². The van der Waals surface area contributed by atoms with Gasteiger partial charge in [0.15, 0.2) is 0 Å². The Morgan fingerprint density at radius 2 is 1.77 bits per heavy atom. The van der Waals surface area contributed by atoms with E-state index in [9.17, 15) is 0 Å². The van der Waals surface area contributed by atoms with Crippen molar-refractivity contribution in [1.82, 2.24) is 0 Å². The van der Waals surface area contributed by atoms with Crippen LogP contribution < -0.4 is 0 Å². The lowest BCUT2D eigenvalue weighted by atomic mass is 10.1. The van der Waals surface area contributed by atoms with Gasteiger partial charge in [-0.1, -0.05) is 43.1 Å². The van der Waals surface area contributed by atoms with Gasteiger partial charge in [-0.2, -0.15) is 0 Å². The van der Waals surface area contributed by atoms with E-state index >= 15 is 0 Å². The molecule has 0 aromatic carbocycles. The number of hydrogen-bond donors (Lipinski definition) is 0. The minimum absolute atomic E-state index is 0.655. The Bertz CT molecular complexity index is 104. The molecule has 1 unspecified atom stereocenters. The summed E-state index contributed by atoms with van der Waals surface area (Å²) in [6.07, 6.45) is 4.83. The number of ether oxygens (including phenoxy) is 1. The third-order valence-corrected chi connectivity index (χ3v) is 3.65. The quantitative estimate of drug-likeness (QED) is 0.468. The van der Waals surface area contributed by atoms with Crippen LogP contribution in [-0.4, -0.2) is 18.0 Å². The Balaban J connectivity index is 3.07. The fourth-order valence-electron chi connectivity index (χ4n) is 1.06. The van der Waals surface area contributed by atoms with Crippen molar-refractivity contribution in [1.29, 1.82) is 0 Å². The monoisotopic (exact) mass is 250 g/mol. The average molecular weight is 251 g/mol. The summed E-state index contributed by atoms with van der Waals surface area (Å²) in [6.45, 7) is 8.55. The topological polar surface area (TPSA) is 9.23 Å². The predicted molar refractivity (Wildman–Crippen MR) is 62.5 cm³/mol. The van der Waals surface area contributed by atoms with Crippen molar-refractivity contribution in [2.75, 3.05) is 13.2 Å². The highest BCUT2D eigenvalue weighted by molar-refractivity contribution is 9.09. The lowest BCUT2D eigenvalue weighted by molar-refractivity contribution is 0.127. The van der Waals surface area contributed by atoms with Gasteiger partial charge in [0.25, 0.3) is 0 Å². The van der Waals surface area contributed by atoms with Crippen LogP contribution in [0, 0.1) is 5.92 Å². The highest BCUT2D eigenvalue weighted by atomic mass is 79.9. The first-order valence-corrected chi connectivity index (χ1v) is 6.31. The predicted octanol–water partition coefficient (Wildman–Crippen LogP) is 4.00. The third kappa shape index (κ3) is 8.76. The molecular weight excluding hydrogens is 228 g/mol. The van der Waals surface area contributed by atoms with E-state index in [1.807, 2.05) is 0 Å². The normalized spacial score (nSPS) is 13.6. The van der Waals surface area contributed by atoms with Crippen LogP contribution in [0.25, 0.3) is 0 Å². The molecule has 0 aliphatic rings. The molecule has 0 amide bonds. The highest BCUT2D eigenvalue weighted by Gasteiger charge is 2.07. The molecule has 0 saturated carbocycles. The minimum Gasteiger partial charge on any atom is -0.381 e. The van der Waals surface area contributed by atoms with Crippen LogP contribution in [0.15, 0.2) is 0 Å². The van der Waals surface area contributed by atoms with E-state index in [1.165, 1.54) is 25.7 Å². The van der Waals surface area contributed by atoms with Gasteiger partial charge in [0.1, 0.15) is 0 Å². The molecule has 13 heavy (non-hydrogen) atoms. The first kappa shape index (κ1) is 13.4. The molecule has 0 heterocycles. The zero-order chi connectivity index (χ0) is 10.1. The fraction of sp³-hybridized carbons (Fsp3) is 1.00. The van der Waals surface area contributed by atoms with Crippen LogP contribution in [-0.2, 0) is 4.74 Å². The molecule has 0 spiro atoms. The van der Waals surface area contributed by atoms with Gasteiger partial charge in [-0.15, -0.1) is 0 Å². The van der Waals surface area contributed by atoms with Gasteiger partial charge in [-0.3, -0.25) is 0 Å². The van der Waals surface area contributed by atoms with Gasteiger partial charge >= 0.3 is 0 Å². The van der Waals surface area contributed by atoms with Gasteiger partial charge in [-0.25, -0.2) is 0 Å². The Hall–Kier alpha value is 0.440. The molecule has 0 aliphatic carbocycles. The largest absolute Gasteiger partial charge is 0.381 e. The van der Waals surface area contributed by atoms with Gasteiger partial charge in [0.2, 0.25) is 0 Å². The molecule has 1 atom stereocenters. The van der Waals surface area contributed by atoms with Gasteiger partial charge in [0.05, 0.1) is 0 Å². The first-order chi connectivity index (χ1) is 6.18. The summed E-state index contributed by atoms with van der Waals surface area (Å²) in [6, 6.07) is 0. The van der Waals surface area contributed by atoms with E-state index in [4.69, 9.17) is 4.74 Å². The summed E-state index contributed by atoms with van der Waals surface area (Å²) >= 11 is 3.67. The fourth-order valence-corrected chi connectivity index (χ4v) is 1.39. The van der Waals surface area contributed by atoms with Crippen molar-refractivity contribution >= 4 is 15.9 Å². The van der Waals surface area contributed by atoms with Crippen LogP contribution >= 0.6 is 15.9 Å². The molecule has 0 N–H and O–H groups in total. The van der Waals surface area contributed by atoms with Crippen LogP contribution in [0.4, 0.5) is 0 Å². The van der Waals surface area contributed by atoms with E-state index in [0.717, 1.165) is 19.1 Å². The summed E-state index contributed by atoms with van der Waals surface area (Å²) < 4.78 is 5.48. The van der Waals surface area contributed by atoms with E-state index in [0.29, 0.717) is 4.83 Å². The van der Waals surface area contributed by atoms with Crippen LogP contribution in [0.2, 0.25) is 0 Å². The number of unbranched alkanes of at least 4 members (excludes halogenated alkanes) is 1. The lowest BCUT2D eigenvalue weighted by Crippen LogP contribution is -2.08. The maximum Gasteiger partial charge on any atom is 0.0466 e. The van der Waals surface area contributed by atoms with E-state index < -0.39 is 0 Å². The summed E-state index contributed by atoms with van der Waals surface area (Å²) in [5.41, 5.74) is 0. The zero-order valence-electron chi connectivity index (χ0n) is 9.18. The number of halogens is 1. The van der Waals surface area contributed by atoms with Gasteiger partial charge in [-0.05, 0) is 25.2 Å². The van der Waals surface area contributed by atoms with Crippen molar-refractivity contribution in [3.05, 3.63) is 0 Å². The molecule has 1 nitrogen and oxygen atoms in total. The molecule has 0 aromatic heterocycles. The maximum atomic E-state index is 5.48. The lowest BCUT2D eigenvalue weighted by Gasteiger charge is -2.12. The maximum absolute atomic E-state index is 5.48. The molecule has 0 fully saturated rings. The zero-order valence-corrected chi connectivity index (χ0v) is 10.8. The van der Waals surface area contributed by atoms with Crippen LogP contribution in [0.3, 0.4) is 0 Å². The molecule has 0 radical (unpaired) electrons. The molecule has 0 bridgehead atoms. The van der Waals surface area contributed by atoms with E-state index in [2.05, 4.69) is 36.7 Å². The average Bonchev–Trinajstić information content (AvgIpc) is 2.10. The van der Waals surface area contributed by atoms with E-state index in [-0.39, 0.29) is 0 Å². The Morgan fingerprint density at radius 3 is 2.31 bits per heavy atom. The standard InChI is InChI=1S/C11H23BrO/c1-4-5-8-13-9-6-7-11(12)10(2)3/h10-11H,4-9H2,1-3H3. The Kier molecular flexibility index (Phi) is 9.32. The van der Waals surface area contributed by atoms with Crippen molar-refractivity contribution in [2.45, 2.75) is 51.3 Å². The smallest absolute Gasteiger partial charge is 0.0466 e. The summed E-state index contributed by atoms with van der Waals surface area (Å²) in [7, 11) is 0. The third-order valence-electron chi connectivity index (χ3n) is 2.13. The number of rotatable bonds is 8. The molecule has 0 aromatic rings. The summed E-state index contributed by atoms with van der Waals surface area (Å²) in [5, 5.41) is 0. The second-order valence-electron chi connectivity index (χ2n) is 3.87. The SMILES string of the molecule is CCCCOCCCC(Br)C(C)C. The van der Waals surface area contributed by atoms with Crippen molar-refractivity contribution in [2.24, 2.45) is 5.92 Å². The number of alkyl halides is 1. The first-order valence-electron chi connectivity index (χ1n) is 5.40. The highest BCUT2D eigenvalue weighted by Crippen LogP contribution is 2.17. The Morgan fingerprint density at radius 1 is 1.15 bits per heavy atom. The molecular formula is C11H23BrO.